The zero-order valence-electron chi connectivity index (χ0n) is 15.1. The van der Waals surface area contributed by atoms with Crippen LogP contribution >= 0.6 is 0 Å². The lowest BCUT2D eigenvalue weighted by molar-refractivity contribution is -0.134. The molecular weight excluding hydrogens is 274 g/mol. The summed E-state index contributed by atoms with van der Waals surface area (Å²) in [7, 11) is 0. The molecule has 0 unspecified atom stereocenters. The molecule has 0 N–H and O–H groups in total. The van der Waals surface area contributed by atoms with Crippen molar-refractivity contribution in [2.24, 2.45) is 11.3 Å². The number of carbonyl (C=O) groups excluding carboxylic acids is 1. The van der Waals surface area contributed by atoms with Crippen molar-refractivity contribution in [3.63, 3.8) is 0 Å². The maximum atomic E-state index is 12.4. The molecule has 0 aromatic carbocycles. The van der Waals surface area contributed by atoms with Gasteiger partial charge in [-0.25, -0.2) is 0 Å². The summed E-state index contributed by atoms with van der Waals surface area (Å²) in [5.41, 5.74) is 0.415. The molecule has 0 saturated carbocycles. The van der Waals surface area contributed by atoms with Crippen LogP contribution in [0.25, 0.3) is 0 Å². The second kappa shape index (κ2) is 7.78. The van der Waals surface area contributed by atoms with E-state index in [1.807, 2.05) is 0 Å². The van der Waals surface area contributed by atoms with Crippen LogP contribution in [0.4, 0.5) is 0 Å². The Bertz CT molecular complexity index is 349. The Morgan fingerprint density at radius 2 is 1.50 bits per heavy atom. The summed E-state index contributed by atoms with van der Waals surface area (Å²) in [4.78, 5) is 19.4. The van der Waals surface area contributed by atoms with Crippen LogP contribution in [0.1, 0.15) is 47.0 Å². The van der Waals surface area contributed by atoms with Crippen molar-refractivity contribution in [3.05, 3.63) is 0 Å². The maximum absolute atomic E-state index is 12.4. The molecule has 22 heavy (non-hydrogen) atoms. The van der Waals surface area contributed by atoms with E-state index in [0.29, 0.717) is 17.9 Å². The quantitative estimate of drug-likeness (QED) is 0.780. The number of hydrogen-bond acceptors (Lipinski definition) is 3. The molecule has 0 aromatic rings. The lowest BCUT2D eigenvalue weighted by Gasteiger charge is -2.39. The minimum absolute atomic E-state index is 0.339. The van der Waals surface area contributed by atoms with Crippen LogP contribution in [0.15, 0.2) is 0 Å². The van der Waals surface area contributed by atoms with Gasteiger partial charge in [0.05, 0.1) is 6.54 Å². The van der Waals surface area contributed by atoms with Gasteiger partial charge in [-0.3, -0.25) is 9.69 Å². The molecule has 1 amide bonds. The van der Waals surface area contributed by atoms with Gasteiger partial charge >= 0.3 is 0 Å². The van der Waals surface area contributed by atoms with Crippen LogP contribution in [-0.4, -0.2) is 73.0 Å². The Balaban J connectivity index is 1.66. The summed E-state index contributed by atoms with van der Waals surface area (Å²) in [5.74, 6) is 1.12. The number of piperidine rings is 1. The first kappa shape index (κ1) is 17.7. The molecule has 2 aliphatic heterocycles. The minimum atomic E-state index is 0.339. The zero-order valence-corrected chi connectivity index (χ0v) is 15.1. The van der Waals surface area contributed by atoms with E-state index in [9.17, 15) is 4.79 Å². The van der Waals surface area contributed by atoms with Crippen molar-refractivity contribution in [1.29, 1.82) is 0 Å². The molecule has 4 heteroatoms. The van der Waals surface area contributed by atoms with Crippen molar-refractivity contribution in [2.45, 2.75) is 47.0 Å². The number of rotatable bonds is 5. The lowest BCUT2D eigenvalue weighted by Crippen LogP contribution is -2.51. The zero-order chi connectivity index (χ0) is 16.2. The van der Waals surface area contributed by atoms with Crippen LogP contribution < -0.4 is 0 Å². The Kier molecular flexibility index (Phi) is 6.27. The second-order valence-electron chi connectivity index (χ2n) is 8.35. The van der Waals surface area contributed by atoms with E-state index in [1.54, 1.807) is 0 Å². The van der Waals surface area contributed by atoms with Crippen molar-refractivity contribution in [3.8, 4) is 0 Å². The molecule has 0 spiro atoms. The van der Waals surface area contributed by atoms with Gasteiger partial charge < -0.3 is 9.80 Å². The highest BCUT2D eigenvalue weighted by molar-refractivity contribution is 5.78. The van der Waals surface area contributed by atoms with Crippen molar-refractivity contribution >= 4 is 5.91 Å². The van der Waals surface area contributed by atoms with Gasteiger partial charge in [0.1, 0.15) is 0 Å². The fourth-order valence-corrected chi connectivity index (χ4v) is 3.26. The first-order chi connectivity index (χ1) is 10.4. The fourth-order valence-electron chi connectivity index (χ4n) is 3.26. The van der Waals surface area contributed by atoms with Gasteiger partial charge in [-0.05, 0) is 37.1 Å². The average Bonchev–Trinajstić information content (AvgIpc) is 2.46. The maximum Gasteiger partial charge on any atom is 0.236 e. The molecule has 0 aliphatic carbocycles. The van der Waals surface area contributed by atoms with Gasteiger partial charge in [0.2, 0.25) is 5.91 Å². The Hall–Kier alpha value is -0.610. The SMILES string of the molecule is CC(C)CCN1CCN(CC(=O)N2CCC(C)(C)CC2)CC1. The number of hydrogen-bond donors (Lipinski definition) is 0. The highest BCUT2D eigenvalue weighted by Gasteiger charge is 2.29. The molecule has 0 bridgehead atoms. The number of carbonyl (C=O) groups is 1. The van der Waals surface area contributed by atoms with Gasteiger partial charge in [0, 0.05) is 39.3 Å². The smallest absolute Gasteiger partial charge is 0.236 e. The summed E-state index contributed by atoms with van der Waals surface area (Å²) in [6, 6.07) is 0. The van der Waals surface area contributed by atoms with Gasteiger partial charge in [-0.2, -0.15) is 0 Å². The number of amides is 1. The van der Waals surface area contributed by atoms with Crippen molar-refractivity contribution < 1.29 is 4.79 Å². The van der Waals surface area contributed by atoms with Gasteiger partial charge in [0.25, 0.3) is 0 Å². The third kappa shape index (κ3) is 5.54. The van der Waals surface area contributed by atoms with E-state index in [2.05, 4.69) is 42.4 Å². The largest absolute Gasteiger partial charge is 0.342 e. The van der Waals surface area contributed by atoms with E-state index in [-0.39, 0.29) is 0 Å². The summed E-state index contributed by atoms with van der Waals surface area (Å²) >= 11 is 0. The average molecular weight is 309 g/mol. The molecule has 2 heterocycles. The molecule has 2 aliphatic rings. The van der Waals surface area contributed by atoms with Crippen LogP contribution in [0.3, 0.4) is 0 Å². The molecule has 0 aromatic heterocycles. The summed E-state index contributed by atoms with van der Waals surface area (Å²) in [5, 5.41) is 0. The van der Waals surface area contributed by atoms with Crippen molar-refractivity contribution in [2.75, 3.05) is 52.4 Å². The Labute approximate surface area is 136 Å². The molecule has 128 valence electrons. The molecule has 0 atom stereocenters. The topological polar surface area (TPSA) is 26.8 Å². The number of piperazine rings is 1. The van der Waals surface area contributed by atoms with Crippen LogP contribution in [0, 0.1) is 11.3 Å². The van der Waals surface area contributed by atoms with Gasteiger partial charge in [0.15, 0.2) is 0 Å². The monoisotopic (exact) mass is 309 g/mol. The number of nitrogens with zero attached hydrogens (tertiary/aromatic N) is 3. The molecule has 4 nitrogen and oxygen atoms in total. The Morgan fingerprint density at radius 1 is 0.955 bits per heavy atom. The predicted octanol–water partition coefficient (Wildman–Crippen LogP) is 2.30. The van der Waals surface area contributed by atoms with E-state index in [1.165, 1.54) is 13.0 Å². The van der Waals surface area contributed by atoms with E-state index in [0.717, 1.165) is 58.0 Å². The summed E-state index contributed by atoms with van der Waals surface area (Å²) < 4.78 is 0. The highest BCUT2D eigenvalue weighted by Crippen LogP contribution is 2.29. The molecule has 2 rings (SSSR count). The third-order valence-corrected chi connectivity index (χ3v) is 5.32. The standard InChI is InChI=1S/C18H35N3O/c1-16(2)5-8-19-11-13-20(14-12-19)15-17(22)21-9-6-18(3,4)7-10-21/h16H,5-15H2,1-4H3. The number of likely N-dealkylation sites (tertiary alicyclic amines) is 1. The molecule has 2 saturated heterocycles. The fraction of sp³-hybridized carbons (Fsp3) is 0.944. The van der Waals surface area contributed by atoms with Crippen LogP contribution in [0.2, 0.25) is 0 Å². The van der Waals surface area contributed by atoms with E-state index >= 15 is 0 Å². The molecule has 2 fully saturated rings. The minimum Gasteiger partial charge on any atom is -0.342 e. The third-order valence-electron chi connectivity index (χ3n) is 5.32. The van der Waals surface area contributed by atoms with Crippen molar-refractivity contribution in [1.82, 2.24) is 14.7 Å². The van der Waals surface area contributed by atoms with E-state index in [4.69, 9.17) is 0 Å². The molecular formula is C18H35N3O. The normalized spacial score (nSPS) is 24.0. The van der Waals surface area contributed by atoms with Crippen LogP contribution in [-0.2, 0) is 4.79 Å². The molecule has 0 radical (unpaired) electrons. The van der Waals surface area contributed by atoms with Gasteiger partial charge in [-0.15, -0.1) is 0 Å². The predicted molar refractivity (Wildman–Crippen MR) is 91.9 cm³/mol. The second-order valence-corrected chi connectivity index (χ2v) is 8.35. The summed E-state index contributed by atoms with van der Waals surface area (Å²) in [6.07, 6.45) is 3.56. The lowest BCUT2D eigenvalue weighted by atomic mass is 9.83. The summed E-state index contributed by atoms with van der Waals surface area (Å²) in [6.45, 7) is 17.2. The highest BCUT2D eigenvalue weighted by atomic mass is 16.2. The van der Waals surface area contributed by atoms with E-state index < -0.39 is 0 Å². The Morgan fingerprint density at radius 3 is 2.05 bits per heavy atom. The van der Waals surface area contributed by atoms with Gasteiger partial charge in [-0.1, -0.05) is 27.7 Å². The first-order valence-corrected chi connectivity index (χ1v) is 9.08. The first-order valence-electron chi connectivity index (χ1n) is 9.08. The van der Waals surface area contributed by atoms with Crippen LogP contribution in [0.5, 0.6) is 0 Å².